The van der Waals surface area contributed by atoms with Crippen LogP contribution >= 0.6 is 0 Å². The molecule has 3 fully saturated rings. The molecule has 0 aromatic heterocycles. The van der Waals surface area contributed by atoms with Crippen molar-refractivity contribution >= 4 is 5.78 Å². The Kier molecular flexibility index (Phi) is 2.96. The summed E-state index contributed by atoms with van der Waals surface area (Å²) < 4.78 is 0. The molecule has 0 aromatic rings. The third-order valence-corrected chi connectivity index (χ3v) is 7.62. The maximum Gasteiger partial charge on any atom is 0.155 e. The molecule has 4 rings (SSSR count). The molecule has 0 aromatic carbocycles. The van der Waals surface area contributed by atoms with E-state index in [9.17, 15) is 4.79 Å². The standard InChI is InChI=1S/C19H29NO/c1-18-8-7-16-15(17(18)11-20(3)12-18)5-4-13-10-14(21)6-9-19(13,16)2/h10,15-17H,4-9,11-12H2,1-3H3. The summed E-state index contributed by atoms with van der Waals surface area (Å²) in [5.41, 5.74) is 2.38. The van der Waals surface area contributed by atoms with Crippen molar-refractivity contribution in [1.82, 2.24) is 4.90 Å². The zero-order valence-corrected chi connectivity index (χ0v) is 13.8. The van der Waals surface area contributed by atoms with E-state index in [1.807, 2.05) is 6.08 Å². The van der Waals surface area contributed by atoms with Crippen LogP contribution in [0.5, 0.6) is 0 Å². The first-order chi connectivity index (χ1) is 9.92. The molecule has 1 aliphatic heterocycles. The van der Waals surface area contributed by atoms with E-state index in [0.717, 1.165) is 30.6 Å². The van der Waals surface area contributed by atoms with E-state index in [2.05, 4.69) is 25.8 Å². The Labute approximate surface area is 129 Å². The highest BCUT2D eigenvalue weighted by atomic mass is 16.1. The Morgan fingerprint density at radius 2 is 1.95 bits per heavy atom. The Bertz CT molecular complexity index is 510. The summed E-state index contributed by atoms with van der Waals surface area (Å²) in [5, 5.41) is 0. The lowest BCUT2D eigenvalue weighted by atomic mass is 9.47. The Morgan fingerprint density at radius 1 is 1.14 bits per heavy atom. The number of likely N-dealkylation sites (tertiary alicyclic amines) is 1. The molecule has 0 spiro atoms. The van der Waals surface area contributed by atoms with Gasteiger partial charge in [0.25, 0.3) is 0 Å². The van der Waals surface area contributed by atoms with Crippen LogP contribution in [-0.2, 0) is 4.79 Å². The second kappa shape index (κ2) is 4.44. The van der Waals surface area contributed by atoms with Gasteiger partial charge in [-0.15, -0.1) is 0 Å². The quantitative estimate of drug-likeness (QED) is 0.677. The number of nitrogens with zero attached hydrogens (tertiary/aromatic N) is 1. The number of hydrogen-bond donors (Lipinski definition) is 0. The van der Waals surface area contributed by atoms with Crippen molar-refractivity contribution in [3.05, 3.63) is 11.6 Å². The summed E-state index contributed by atoms with van der Waals surface area (Å²) in [6.07, 6.45) is 9.19. The molecule has 0 bridgehead atoms. The van der Waals surface area contributed by atoms with Crippen LogP contribution in [0.3, 0.4) is 0 Å². The number of hydrogen-bond acceptors (Lipinski definition) is 2. The summed E-state index contributed by atoms with van der Waals surface area (Å²) >= 11 is 0. The van der Waals surface area contributed by atoms with Crippen LogP contribution in [0.25, 0.3) is 0 Å². The van der Waals surface area contributed by atoms with Gasteiger partial charge in [-0.25, -0.2) is 0 Å². The first-order valence-electron chi connectivity index (χ1n) is 8.85. The van der Waals surface area contributed by atoms with Gasteiger partial charge in [0.2, 0.25) is 0 Å². The molecule has 5 atom stereocenters. The van der Waals surface area contributed by atoms with E-state index < -0.39 is 0 Å². The molecule has 1 heterocycles. The van der Waals surface area contributed by atoms with Crippen LogP contribution in [-0.4, -0.2) is 30.8 Å². The number of allylic oxidation sites excluding steroid dienone is 2. The summed E-state index contributed by atoms with van der Waals surface area (Å²) in [6, 6.07) is 0. The van der Waals surface area contributed by atoms with Gasteiger partial charge in [0, 0.05) is 19.5 Å². The monoisotopic (exact) mass is 287 g/mol. The highest BCUT2D eigenvalue weighted by molar-refractivity contribution is 5.91. The highest BCUT2D eigenvalue weighted by Crippen LogP contribution is 2.62. The van der Waals surface area contributed by atoms with Gasteiger partial charge in [-0.05, 0) is 73.8 Å². The molecule has 116 valence electrons. The second-order valence-corrected chi connectivity index (χ2v) is 8.86. The lowest BCUT2D eigenvalue weighted by Crippen LogP contribution is -2.50. The van der Waals surface area contributed by atoms with Crippen LogP contribution in [0.15, 0.2) is 11.6 Å². The summed E-state index contributed by atoms with van der Waals surface area (Å²) in [7, 11) is 2.30. The fourth-order valence-electron chi connectivity index (χ4n) is 6.52. The van der Waals surface area contributed by atoms with Crippen molar-refractivity contribution in [1.29, 1.82) is 0 Å². The second-order valence-electron chi connectivity index (χ2n) is 8.86. The van der Waals surface area contributed by atoms with E-state index in [4.69, 9.17) is 0 Å². The molecule has 0 N–H and O–H groups in total. The topological polar surface area (TPSA) is 20.3 Å². The largest absolute Gasteiger partial charge is 0.306 e. The molecule has 2 nitrogen and oxygen atoms in total. The zero-order valence-electron chi connectivity index (χ0n) is 13.8. The van der Waals surface area contributed by atoms with Gasteiger partial charge in [-0.1, -0.05) is 19.4 Å². The van der Waals surface area contributed by atoms with Crippen LogP contribution < -0.4 is 0 Å². The predicted molar refractivity (Wildman–Crippen MR) is 85.0 cm³/mol. The number of carbonyl (C=O) groups is 1. The highest BCUT2D eigenvalue weighted by Gasteiger charge is 2.57. The fourth-order valence-corrected chi connectivity index (χ4v) is 6.52. The molecular formula is C19H29NO. The summed E-state index contributed by atoms with van der Waals surface area (Å²) in [4.78, 5) is 14.4. The molecule has 21 heavy (non-hydrogen) atoms. The van der Waals surface area contributed by atoms with Crippen LogP contribution in [0.1, 0.15) is 52.4 Å². The average Bonchev–Trinajstić information content (AvgIpc) is 2.74. The van der Waals surface area contributed by atoms with Gasteiger partial charge >= 0.3 is 0 Å². The number of rotatable bonds is 0. The lowest BCUT2D eigenvalue weighted by Gasteiger charge is -2.57. The van der Waals surface area contributed by atoms with Crippen LogP contribution in [0.4, 0.5) is 0 Å². The van der Waals surface area contributed by atoms with Gasteiger partial charge in [0.15, 0.2) is 5.78 Å². The van der Waals surface area contributed by atoms with Crippen molar-refractivity contribution in [3.8, 4) is 0 Å². The zero-order chi connectivity index (χ0) is 14.8. The Hall–Kier alpha value is -0.630. The molecule has 5 unspecified atom stereocenters. The maximum atomic E-state index is 11.8. The normalized spacial score (nSPS) is 50.1. The minimum atomic E-state index is 0.333. The molecule has 1 saturated heterocycles. The van der Waals surface area contributed by atoms with E-state index in [1.165, 1.54) is 44.3 Å². The van der Waals surface area contributed by atoms with Crippen molar-refractivity contribution in [2.24, 2.45) is 28.6 Å². The minimum Gasteiger partial charge on any atom is -0.306 e. The van der Waals surface area contributed by atoms with Gasteiger partial charge in [-0.2, -0.15) is 0 Å². The van der Waals surface area contributed by atoms with Crippen molar-refractivity contribution in [2.45, 2.75) is 52.4 Å². The Balaban J connectivity index is 1.68. The number of fused-ring (bicyclic) bond motifs is 5. The van der Waals surface area contributed by atoms with Crippen molar-refractivity contribution < 1.29 is 4.79 Å². The number of ketones is 1. The van der Waals surface area contributed by atoms with E-state index >= 15 is 0 Å². The smallest absolute Gasteiger partial charge is 0.155 e. The molecular weight excluding hydrogens is 258 g/mol. The van der Waals surface area contributed by atoms with Crippen molar-refractivity contribution in [3.63, 3.8) is 0 Å². The fraction of sp³-hybridized carbons (Fsp3) is 0.842. The van der Waals surface area contributed by atoms with Gasteiger partial charge in [-0.3, -0.25) is 4.79 Å². The van der Waals surface area contributed by atoms with Crippen LogP contribution in [0.2, 0.25) is 0 Å². The number of carbonyl (C=O) groups excluding carboxylic acids is 1. The van der Waals surface area contributed by atoms with Gasteiger partial charge < -0.3 is 4.90 Å². The predicted octanol–water partition coefficient (Wildman–Crippen LogP) is 3.67. The first-order valence-corrected chi connectivity index (χ1v) is 8.85. The third-order valence-electron chi connectivity index (χ3n) is 7.62. The van der Waals surface area contributed by atoms with E-state index in [0.29, 0.717) is 16.6 Å². The lowest BCUT2D eigenvalue weighted by molar-refractivity contribution is -0.117. The van der Waals surface area contributed by atoms with Gasteiger partial charge in [0.1, 0.15) is 0 Å². The van der Waals surface area contributed by atoms with E-state index in [1.54, 1.807) is 0 Å². The SMILES string of the molecule is CN1CC2C3CCC4=CC(=O)CCC4(C)C3CCC2(C)C1. The summed E-state index contributed by atoms with van der Waals surface area (Å²) in [6.45, 7) is 7.60. The summed E-state index contributed by atoms with van der Waals surface area (Å²) in [5.74, 6) is 2.98. The third kappa shape index (κ3) is 1.91. The molecule has 4 aliphatic rings. The average molecular weight is 287 g/mol. The molecule has 0 amide bonds. The molecule has 3 aliphatic carbocycles. The minimum absolute atomic E-state index is 0.333. The molecule has 0 radical (unpaired) electrons. The molecule has 2 heteroatoms. The maximum absolute atomic E-state index is 11.8. The van der Waals surface area contributed by atoms with Crippen molar-refractivity contribution in [2.75, 3.05) is 20.1 Å². The first kappa shape index (κ1) is 14.0. The molecule has 2 saturated carbocycles. The van der Waals surface area contributed by atoms with E-state index in [-0.39, 0.29) is 0 Å². The Morgan fingerprint density at radius 3 is 2.76 bits per heavy atom. The van der Waals surface area contributed by atoms with Crippen LogP contribution in [0, 0.1) is 28.6 Å². The van der Waals surface area contributed by atoms with Gasteiger partial charge in [0.05, 0.1) is 0 Å².